The van der Waals surface area contributed by atoms with Crippen LogP contribution in [-0.4, -0.2) is 25.7 Å². The molecule has 6 heteroatoms. The van der Waals surface area contributed by atoms with Crippen LogP contribution in [0.15, 0.2) is 24.3 Å². The number of hydrogen-bond donors (Lipinski definition) is 1. The summed E-state index contributed by atoms with van der Waals surface area (Å²) in [4.78, 5) is 17.3. The number of carbonyl (C=O) groups excluding carboxylic acids is 1. The number of nitrogens with zero attached hydrogens (tertiary/aromatic N) is 4. The van der Waals surface area contributed by atoms with Gasteiger partial charge in [0.1, 0.15) is 5.82 Å². The lowest BCUT2D eigenvalue weighted by atomic mass is 10.1. The molecule has 0 fully saturated rings. The standard InChI is InChI=1S/C20H23N5O/c1-13-7-8-17-15(10-13)11-16(14(2)22-17)20(26)21-12-19-24-23-18-6-4-3-5-9-25(18)19/h7-8,10-11H,3-6,9,12H2,1-2H3,(H,21,26). The first-order valence-corrected chi connectivity index (χ1v) is 9.19. The van der Waals surface area contributed by atoms with Gasteiger partial charge in [-0.2, -0.15) is 0 Å². The van der Waals surface area contributed by atoms with Crippen LogP contribution >= 0.6 is 0 Å². The van der Waals surface area contributed by atoms with E-state index < -0.39 is 0 Å². The minimum absolute atomic E-state index is 0.121. The minimum Gasteiger partial charge on any atom is -0.345 e. The molecule has 0 atom stereocenters. The van der Waals surface area contributed by atoms with Crippen molar-refractivity contribution in [1.29, 1.82) is 0 Å². The van der Waals surface area contributed by atoms with Crippen molar-refractivity contribution in [3.05, 3.63) is 52.7 Å². The van der Waals surface area contributed by atoms with Gasteiger partial charge in [0.2, 0.25) is 0 Å². The molecule has 3 aromatic rings. The zero-order valence-electron chi connectivity index (χ0n) is 15.2. The number of carbonyl (C=O) groups is 1. The molecule has 4 rings (SSSR count). The van der Waals surface area contributed by atoms with Gasteiger partial charge in [-0.05, 0) is 44.9 Å². The normalized spacial score (nSPS) is 14.1. The highest BCUT2D eigenvalue weighted by atomic mass is 16.1. The number of pyridine rings is 1. The van der Waals surface area contributed by atoms with Gasteiger partial charge < -0.3 is 9.88 Å². The Morgan fingerprint density at radius 1 is 1.15 bits per heavy atom. The molecule has 1 N–H and O–H groups in total. The van der Waals surface area contributed by atoms with Crippen molar-refractivity contribution in [2.24, 2.45) is 0 Å². The van der Waals surface area contributed by atoms with E-state index in [1.807, 2.05) is 32.0 Å². The highest BCUT2D eigenvalue weighted by molar-refractivity contribution is 5.98. The molecule has 0 radical (unpaired) electrons. The van der Waals surface area contributed by atoms with Gasteiger partial charge in [0.15, 0.2) is 5.82 Å². The molecule has 2 aromatic heterocycles. The second-order valence-electron chi connectivity index (χ2n) is 6.99. The summed E-state index contributed by atoms with van der Waals surface area (Å²) in [5, 5.41) is 12.5. The Morgan fingerprint density at radius 3 is 2.92 bits per heavy atom. The van der Waals surface area contributed by atoms with Gasteiger partial charge >= 0.3 is 0 Å². The fraction of sp³-hybridized carbons (Fsp3) is 0.400. The van der Waals surface area contributed by atoms with Crippen molar-refractivity contribution in [3.63, 3.8) is 0 Å². The van der Waals surface area contributed by atoms with Gasteiger partial charge in [0.25, 0.3) is 5.91 Å². The molecule has 0 aliphatic carbocycles. The van der Waals surface area contributed by atoms with Crippen LogP contribution in [0.5, 0.6) is 0 Å². The van der Waals surface area contributed by atoms with Crippen LogP contribution in [0, 0.1) is 13.8 Å². The number of nitrogens with one attached hydrogen (secondary N) is 1. The van der Waals surface area contributed by atoms with Gasteiger partial charge in [-0.1, -0.05) is 18.1 Å². The SMILES string of the molecule is Cc1ccc2nc(C)c(C(=O)NCc3nnc4n3CCCCC4)cc2c1. The first-order chi connectivity index (χ1) is 12.6. The van der Waals surface area contributed by atoms with E-state index in [9.17, 15) is 4.79 Å². The fourth-order valence-corrected chi connectivity index (χ4v) is 3.55. The first kappa shape index (κ1) is 16.7. The Bertz CT molecular complexity index is 976. The molecule has 0 spiro atoms. The molecule has 0 bridgehead atoms. The van der Waals surface area contributed by atoms with Crippen molar-refractivity contribution in [2.75, 3.05) is 0 Å². The van der Waals surface area contributed by atoms with Crippen molar-refractivity contribution in [1.82, 2.24) is 25.1 Å². The molecule has 1 amide bonds. The second kappa shape index (κ2) is 6.86. The van der Waals surface area contributed by atoms with Crippen LogP contribution < -0.4 is 5.32 Å². The van der Waals surface area contributed by atoms with E-state index in [0.29, 0.717) is 12.1 Å². The van der Waals surface area contributed by atoms with Crippen molar-refractivity contribution >= 4 is 16.8 Å². The Balaban J connectivity index is 1.54. The summed E-state index contributed by atoms with van der Waals surface area (Å²) in [6, 6.07) is 8.00. The highest BCUT2D eigenvalue weighted by Gasteiger charge is 2.17. The smallest absolute Gasteiger partial charge is 0.253 e. The number of fused-ring (bicyclic) bond motifs is 2. The lowest BCUT2D eigenvalue weighted by Gasteiger charge is -2.10. The summed E-state index contributed by atoms with van der Waals surface area (Å²) in [5.41, 5.74) is 3.41. The predicted molar refractivity (Wildman–Crippen MR) is 100.0 cm³/mol. The largest absolute Gasteiger partial charge is 0.345 e. The van der Waals surface area contributed by atoms with E-state index in [1.165, 1.54) is 6.42 Å². The predicted octanol–water partition coefficient (Wildman–Crippen LogP) is 3.10. The Labute approximate surface area is 152 Å². The van der Waals surface area contributed by atoms with Crippen LogP contribution in [0.25, 0.3) is 10.9 Å². The zero-order valence-corrected chi connectivity index (χ0v) is 15.2. The van der Waals surface area contributed by atoms with Crippen LogP contribution in [0.4, 0.5) is 0 Å². The third-order valence-corrected chi connectivity index (χ3v) is 5.00. The maximum atomic E-state index is 12.7. The quantitative estimate of drug-likeness (QED) is 0.788. The molecule has 26 heavy (non-hydrogen) atoms. The monoisotopic (exact) mass is 349 g/mol. The van der Waals surface area contributed by atoms with E-state index in [1.54, 1.807) is 0 Å². The van der Waals surface area contributed by atoms with Gasteiger partial charge in [-0.15, -0.1) is 10.2 Å². The Kier molecular flexibility index (Phi) is 4.41. The summed E-state index contributed by atoms with van der Waals surface area (Å²) in [5.74, 6) is 1.74. The summed E-state index contributed by atoms with van der Waals surface area (Å²) in [6.07, 6.45) is 4.48. The second-order valence-corrected chi connectivity index (χ2v) is 6.99. The maximum absolute atomic E-state index is 12.7. The average molecular weight is 349 g/mol. The molecule has 1 aliphatic heterocycles. The van der Waals surface area contributed by atoms with Gasteiger partial charge in [-0.25, -0.2) is 0 Å². The number of aryl methyl sites for hydroxylation is 3. The molecular weight excluding hydrogens is 326 g/mol. The molecule has 0 saturated heterocycles. The Hall–Kier alpha value is -2.76. The van der Waals surface area contributed by atoms with Gasteiger partial charge in [0, 0.05) is 18.4 Å². The van der Waals surface area contributed by atoms with E-state index in [2.05, 4.69) is 31.1 Å². The Morgan fingerprint density at radius 2 is 2.04 bits per heavy atom. The average Bonchev–Trinajstić information content (AvgIpc) is 2.85. The number of rotatable bonds is 3. The van der Waals surface area contributed by atoms with E-state index >= 15 is 0 Å². The summed E-state index contributed by atoms with van der Waals surface area (Å²) in [7, 11) is 0. The van der Waals surface area contributed by atoms with E-state index in [-0.39, 0.29) is 5.91 Å². The number of aromatic nitrogens is 4. The molecule has 1 aliphatic rings. The topological polar surface area (TPSA) is 72.7 Å². The van der Waals surface area contributed by atoms with Crippen molar-refractivity contribution < 1.29 is 4.79 Å². The minimum atomic E-state index is -0.121. The maximum Gasteiger partial charge on any atom is 0.253 e. The lowest BCUT2D eigenvalue weighted by Crippen LogP contribution is -2.26. The number of hydrogen-bond acceptors (Lipinski definition) is 4. The molecule has 134 valence electrons. The third-order valence-electron chi connectivity index (χ3n) is 5.00. The molecule has 3 heterocycles. The first-order valence-electron chi connectivity index (χ1n) is 9.19. The third kappa shape index (κ3) is 3.19. The van der Waals surface area contributed by atoms with Crippen LogP contribution in [0.1, 0.15) is 52.5 Å². The molecule has 0 unspecified atom stereocenters. The van der Waals surface area contributed by atoms with Crippen molar-refractivity contribution in [2.45, 2.75) is 52.6 Å². The highest BCUT2D eigenvalue weighted by Crippen LogP contribution is 2.18. The number of benzene rings is 1. The zero-order chi connectivity index (χ0) is 18.1. The van der Waals surface area contributed by atoms with E-state index in [4.69, 9.17) is 0 Å². The fourth-order valence-electron chi connectivity index (χ4n) is 3.55. The summed E-state index contributed by atoms with van der Waals surface area (Å²) in [6.45, 7) is 5.23. The molecule has 0 saturated carbocycles. The number of amides is 1. The van der Waals surface area contributed by atoms with Gasteiger partial charge in [-0.3, -0.25) is 9.78 Å². The molecule has 1 aromatic carbocycles. The van der Waals surface area contributed by atoms with Crippen LogP contribution in [0.2, 0.25) is 0 Å². The lowest BCUT2D eigenvalue weighted by molar-refractivity contribution is 0.0948. The van der Waals surface area contributed by atoms with E-state index in [0.717, 1.165) is 59.6 Å². The van der Waals surface area contributed by atoms with Crippen LogP contribution in [-0.2, 0) is 19.5 Å². The van der Waals surface area contributed by atoms with Crippen LogP contribution in [0.3, 0.4) is 0 Å². The van der Waals surface area contributed by atoms with Crippen molar-refractivity contribution in [3.8, 4) is 0 Å². The van der Waals surface area contributed by atoms with Gasteiger partial charge in [0.05, 0.1) is 23.3 Å². The summed E-state index contributed by atoms with van der Waals surface area (Å²) >= 11 is 0. The summed E-state index contributed by atoms with van der Waals surface area (Å²) < 4.78 is 2.15. The molecule has 6 nitrogen and oxygen atoms in total. The molecular formula is C20H23N5O.